The van der Waals surface area contributed by atoms with Gasteiger partial charge in [-0.05, 0) is 19.1 Å². The zero-order valence-corrected chi connectivity index (χ0v) is 10.0. The van der Waals surface area contributed by atoms with Crippen molar-refractivity contribution >= 4 is 11.7 Å². The zero-order chi connectivity index (χ0) is 13.1. The topological polar surface area (TPSA) is 87.2 Å². The highest BCUT2D eigenvalue weighted by Gasteiger charge is 2.13. The second kappa shape index (κ2) is 4.79. The maximum absolute atomic E-state index is 11.9. The largest absolute Gasteiger partial charge is 0.507 e. The number of aromatic amines is 1. The summed E-state index contributed by atoms with van der Waals surface area (Å²) in [5.41, 5.74) is 1.00. The highest BCUT2D eigenvalue weighted by atomic mass is 16.5. The number of carbonyl (C=O) groups is 1. The SMILES string of the molecule is COc1ccc(C(=O)Nc2cc(C)[nH]n2)c(O)c1. The number of aromatic hydroxyl groups is 1. The Morgan fingerprint density at radius 1 is 1.44 bits per heavy atom. The highest BCUT2D eigenvalue weighted by Crippen LogP contribution is 2.24. The van der Waals surface area contributed by atoms with Crippen LogP contribution in [0.15, 0.2) is 24.3 Å². The van der Waals surface area contributed by atoms with Gasteiger partial charge in [0.05, 0.1) is 12.7 Å². The number of H-pyrrole nitrogens is 1. The molecule has 1 aromatic carbocycles. The molecule has 18 heavy (non-hydrogen) atoms. The fourth-order valence-electron chi connectivity index (χ4n) is 1.50. The molecule has 1 heterocycles. The van der Waals surface area contributed by atoms with E-state index in [0.717, 1.165) is 5.69 Å². The normalized spacial score (nSPS) is 10.1. The van der Waals surface area contributed by atoms with E-state index in [1.807, 2.05) is 6.92 Å². The van der Waals surface area contributed by atoms with Gasteiger partial charge in [-0.3, -0.25) is 9.89 Å². The van der Waals surface area contributed by atoms with Crippen LogP contribution in [0.1, 0.15) is 16.1 Å². The second-order valence-electron chi connectivity index (χ2n) is 3.77. The molecule has 1 aromatic heterocycles. The minimum atomic E-state index is -0.429. The Bertz CT molecular complexity index is 578. The van der Waals surface area contributed by atoms with Crippen LogP contribution in [-0.2, 0) is 0 Å². The van der Waals surface area contributed by atoms with Crippen molar-refractivity contribution in [1.29, 1.82) is 0 Å². The van der Waals surface area contributed by atoms with Gasteiger partial charge in [0.15, 0.2) is 5.82 Å². The van der Waals surface area contributed by atoms with Gasteiger partial charge >= 0.3 is 0 Å². The first-order valence-corrected chi connectivity index (χ1v) is 5.30. The number of amides is 1. The Kier molecular flexibility index (Phi) is 3.18. The standard InChI is InChI=1S/C12H13N3O3/c1-7-5-11(15-14-7)13-12(17)9-4-3-8(18-2)6-10(9)16/h3-6,16H,1-2H3,(H2,13,14,15,17). The molecule has 0 unspecified atom stereocenters. The fourth-order valence-corrected chi connectivity index (χ4v) is 1.50. The number of rotatable bonds is 3. The van der Waals surface area contributed by atoms with Crippen molar-refractivity contribution < 1.29 is 14.6 Å². The summed E-state index contributed by atoms with van der Waals surface area (Å²) >= 11 is 0. The van der Waals surface area contributed by atoms with Gasteiger partial charge in [-0.1, -0.05) is 0 Å². The highest BCUT2D eigenvalue weighted by molar-refractivity contribution is 6.05. The number of phenolic OH excluding ortho intramolecular Hbond substituents is 1. The molecule has 2 rings (SSSR count). The number of aryl methyl sites for hydroxylation is 1. The van der Waals surface area contributed by atoms with E-state index in [4.69, 9.17) is 4.74 Å². The molecule has 0 spiro atoms. The predicted octanol–water partition coefficient (Wildman–Crippen LogP) is 1.68. The monoisotopic (exact) mass is 247 g/mol. The van der Waals surface area contributed by atoms with Crippen molar-refractivity contribution in [2.75, 3.05) is 12.4 Å². The summed E-state index contributed by atoms with van der Waals surface area (Å²) in [5.74, 6) is 0.327. The molecule has 0 aliphatic heterocycles. The molecule has 0 saturated heterocycles. The van der Waals surface area contributed by atoms with Crippen LogP contribution < -0.4 is 10.1 Å². The first kappa shape index (κ1) is 12.0. The third-order valence-electron chi connectivity index (χ3n) is 2.40. The summed E-state index contributed by atoms with van der Waals surface area (Å²) in [7, 11) is 1.49. The Labute approximate surface area is 104 Å². The van der Waals surface area contributed by atoms with Crippen LogP contribution in [0.3, 0.4) is 0 Å². The van der Waals surface area contributed by atoms with Crippen molar-refractivity contribution in [3.8, 4) is 11.5 Å². The molecule has 0 aliphatic rings. The summed E-state index contributed by atoms with van der Waals surface area (Å²) in [6.45, 7) is 1.83. The number of aromatic nitrogens is 2. The molecule has 0 fully saturated rings. The summed E-state index contributed by atoms with van der Waals surface area (Å²) in [6.07, 6.45) is 0. The van der Waals surface area contributed by atoms with Gasteiger partial charge in [0.25, 0.3) is 5.91 Å². The van der Waals surface area contributed by atoms with Gasteiger partial charge in [-0.2, -0.15) is 5.10 Å². The van der Waals surface area contributed by atoms with E-state index in [1.165, 1.54) is 19.2 Å². The van der Waals surface area contributed by atoms with E-state index in [0.29, 0.717) is 11.6 Å². The third-order valence-corrected chi connectivity index (χ3v) is 2.40. The molecule has 2 aromatic rings. The molecule has 3 N–H and O–H groups in total. The van der Waals surface area contributed by atoms with Gasteiger partial charge in [-0.25, -0.2) is 0 Å². The van der Waals surface area contributed by atoms with Crippen molar-refractivity contribution in [3.05, 3.63) is 35.5 Å². The van der Waals surface area contributed by atoms with Crippen LogP contribution in [0, 0.1) is 6.92 Å². The molecule has 0 radical (unpaired) electrons. The lowest BCUT2D eigenvalue weighted by atomic mass is 10.2. The van der Waals surface area contributed by atoms with Crippen molar-refractivity contribution in [2.24, 2.45) is 0 Å². The fraction of sp³-hybridized carbons (Fsp3) is 0.167. The second-order valence-corrected chi connectivity index (χ2v) is 3.77. The van der Waals surface area contributed by atoms with Gasteiger partial charge in [0, 0.05) is 17.8 Å². The number of ether oxygens (including phenoxy) is 1. The molecule has 6 heteroatoms. The number of phenols is 1. The van der Waals surface area contributed by atoms with E-state index in [1.54, 1.807) is 12.1 Å². The van der Waals surface area contributed by atoms with Crippen LogP contribution in [0.5, 0.6) is 11.5 Å². The third kappa shape index (κ3) is 2.42. The zero-order valence-electron chi connectivity index (χ0n) is 10.0. The lowest BCUT2D eigenvalue weighted by molar-refractivity contribution is 0.102. The Morgan fingerprint density at radius 2 is 2.22 bits per heavy atom. The van der Waals surface area contributed by atoms with Crippen LogP contribution >= 0.6 is 0 Å². The van der Waals surface area contributed by atoms with Crippen molar-refractivity contribution in [3.63, 3.8) is 0 Å². The summed E-state index contributed by atoms with van der Waals surface area (Å²) in [6, 6.07) is 6.16. The first-order chi connectivity index (χ1) is 8.60. The number of benzene rings is 1. The van der Waals surface area contributed by atoms with E-state index in [-0.39, 0.29) is 11.3 Å². The number of methoxy groups -OCH3 is 1. The lowest BCUT2D eigenvalue weighted by Crippen LogP contribution is -2.12. The van der Waals surface area contributed by atoms with Gasteiger partial charge < -0.3 is 15.2 Å². The van der Waals surface area contributed by atoms with Crippen LogP contribution in [0.25, 0.3) is 0 Å². The van der Waals surface area contributed by atoms with E-state index >= 15 is 0 Å². The molecular formula is C12H13N3O3. The van der Waals surface area contributed by atoms with Crippen LogP contribution in [0.2, 0.25) is 0 Å². The van der Waals surface area contributed by atoms with E-state index in [2.05, 4.69) is 15.5 Å². The van der Waals surface area contributed by atoms with Crippen molar-refractivity contribution in [2.45, 2.75) is 6.92 Å². The number of anilines is 1. The number of nitrogens with zero attached hydrogens (tertiary/aromatic N) is 1. The van der Waals surface area contributed by atoms with Crippen LogP contribution in [0.4, 0.5) is 5.82 Å². The average Bonchev–Trinajstić information content (AvgIpc) is 2.74. The van der Waals surface area contributed by atoms with Gasteiger partial charge in [-0.15, -0.1) is 0 Å². The summed E-state index contributed by atoms with van der Waals surface area (Å²) in [4.78, 5) is 11.9. The van der Waals surface area contributed by atoms with Gasteiger partial charge in [0.2, 0.25) is 0 Å². The molecular weight excluding hydrogens is 234 g/mol. The smallest absolute Gasteiger partial charge is 0.260 e. The first-order valence-electron chi connectivity index (χ1n) is 5.30. The minimum absolute atomic E-state index is 0.140. The number of nitrogens with one attached hydrogen (secondary N) is 2. The molecule has 0 aliphatic carbocycles. The average molecular weight is 247 g/mol. The Balaban J connectivity index is 2.18. The quantitative estimate of drug-likeness (QED) is 0.770. The molecule has 0 atom stereocenters. The number of carbonyl (C=O) groups excluding carboxylic acids is 1. The Morgan fingerprint density at radius 3 is 2.78 bits per heavy atom. The van der Waals surface area contributed by atoms with E-state index < -0.39 is 5.91 Å². The molecule has 0 bridgehead atoms. The molecule has 6 nitrogen and oxygen atoms in total. The van der Waals surface area contributed by atoms with Crippen LogP contribution in [-0.4, -0.2) is 28.3 Å². The van der Waals surface area contributed by atoms with Crippen molar-refractivity contribution in [1.82, 2.24) is 10.2 Å². The van der Waals surface area contributed by atoms with Gasteiger partial charge in [0.1, 0.15) is 11.5 Å². The maximum atomic E-state index is 11.9. The maximum Gasteiger partial charge on any atom is 0.260 e. The summed E-state index contributed by atoms with van der Waals surface area (Å²) in [5, 5.41) is 18.9. The molecule has 1 amide bonds. The number of hydrogen-bond donors (Lipinski definition) is 3. The lowest BCUT2D eigenvalue weighted by Gasteiger charge is -2.06. The molecule has 94 valence electrons. The predicted molar refractivity (Wildman–Crippen MR) is 65.9 cm³/mol. The Hall–Kier alpha value is -2.50. The summed E-state index contributed by atoms with van der Waals surface area (Å²) < 4.78 is 4.94. The molecule has 0 saturated carbocycles. The van der Waals surface area contributed by atoms with E-state index in [9.17, 15) is 9.90 Å². The minimum Gasteiger partial charge on any atom is -0.507 e. The number of hydrogen-bond acceptors (Lipinski definition) is 4.